The second-order valence-corrected chi connectivity index (χ2v) is 7.37. The molecule has 3 N–H and O–H groups in total. The Balaban J connectivity index is 1.77. The number of nitrogens with two attached hydrogens (primary N) is 1. The second-order valence-electron chi connectivity index (χ2n) is 7.37. The molecule has 162 valence electrons. The first-order valence-corrected chi connectivity index (χ1v) is 10.5. The minimum absolute atomic E-state index is 0.247. The van der Waals surface area contributed by atoms with E-state index in [4.69, 9.17) is 20.3 Å². The lowest BCUT2D eigenvalue weighted by Crippen LogP contribution is -2.07. The van der Waals surface area contributed by atoms with Crippen LogP contribution in [0.25, 0.3) is 11.0 Å². The van der Waals surface area contributed by atoms with Crippen molar-refractivity contribution in [3.05, 3.63) is 35.5 Å². The monoisotopic (exact) mass is 412 g/mol. The van der Waals surface area contributed by atoms with Gasteiger partial charge in [-0.05, 0) is 37.3 Å². The van der Waals surface area contributed by atoms with E-state index in [1.54, 1.807) is 14.2 Å². The number of hydrogen-bond donors (Lipinski definition) is 2. The number of nitrogens with one attached hydrogen (secondary N) is 1. The molecule has 8 heteroatoms. The summed E-state index contributed by atoms with van der Waals surface area (Å²) in [5, 5.41) is 8.02. The molecule has 0 amide bonds. The zero-order valence-corrected chi connectivity index (χ0v) is 18.1. The van der Waals surface area contributed by atoms with Crippen molar-refractivity contribution < 1.29 is 9.47 Å². The van der Waals surface area contributed by atoms with Gasteiger partial charge < -0.3 is 20.5 Å². The number of anilines is 2. The largest absolute Gasteiger partial charge is 0.496 e. The molecular formula is C22H32N6O2. The highest BCUT2D eigenvalue weighted by molar-refractivity contribution is 5.85. The van der Waals surface area contributed by atoms with E-state index in [1.807, 2.05) is 10.9 Å². The zero-order chi connectivity index (χ0) is 21.3. The van der Waals surface area contributed by atoms with E-state index in [0.717, 1.165) is 67.6 Å². The maximum absolute atomic E-state index is 5.88. The first-order valence-electron chi connectivity index (χ1n) is 10.5. The standard InChI is InChI=1S/C22H32N6O2/c1-4-5-11-24-21-20-18(25-22(23)26-21)15-28(27-20)14-17-10-9-16(13-19(17)30-3)8-6-7-12-29-2/h9-10,13,15H,4-8,11-12,14H2,1-3H3,(H3,23,24,25,26). The highest BCUT2D eigenvalue weighted by atomic mass is 16.5. The average Bonchev–Trinajstić information content (AvgIpc) is 3.14. The molecule has 0 aliphatic rings. The van der Waals surface area contributed by atoms with Crippen LogP contribution in [0.5, 0.6) is 5.75 Å². The first-order chi connectivity index (χ1) is 14.6. The normalized spacial score (nSPS) is 11.2. The Morgan fingerprint density at radius 2 is 2.00 bits per heavy atom. The van der Waals surface area contributed by atoms with Gasteiger partial charge in [-0.1, -0.05) is 25.5 Å². The summed E-state index contributed by atoms with van der Waals surface area (Å²) in [5.41, 5.74) is 9.67. The third-order valence-corrected chi connectivity index (χ3v) is 5.00. The third-order valence-electron chi connectivity index (χ3n) is 5.00. The van der Waals surface area contributed by atoms with Crippen LogP contribution >= 0.6 is 0 Å². The second kappa shape index (κ2) is 10.8. The minimum atomic E-state index is 0.247. The molecule has 0 aliphatic heterocycles. The van der Waals surface area contributed by atoms with Gasteiger partial charge in [0.2, 0.25) is 5.95 Å². The Morgan fingerprint density at radius 1 is 1.13 bits per heavy atom. The van der Waals surface area contributed by atoms with E-state index in [9.17, 15) is 0 Å². The fraction of sp³-hybridized carbons (Fsp3) is 0.500. The average molecular weight is 413 g/mol. The molecule has 0 spiro atoms. The number of nitrogens with zero attached hydrogens (tertiary/aromatic N) is 4. The molecule has 0 bridgehead atoms. The molecular weight excluding hydrogens is 380 g/mol. The van der Waals surface area contributed by atoms with E-state index >= 15 is 0 Å². The Bertz CT molecular complexity index is 956. The molecule has 0 unspecified atom stereocenters. The van der Waals surface area contributed by atoms with Crippen molar-refractivity contribution in [1.82, 2.24) is 19.7 Å². The summed E-state index contributed by atoms with van der Waals surface area (Å²) in [5.74, 6) is 1.80. The van der Waals surface area contributed by atoms with Gasteiger partial charge in [0.05, 0.1) is 19.9 Å². The quantitative estimate of drug-likeness (QED) is 0.438. The molecule has 3 aromatic rings. The Hall–Kier alpha value is -2.87. The van der Waals surface area contributed by atoms with Crippen molar-refractivity contribution in [2.24, 2.45) is 0 Å². The van der Waals surface area contributed by atoms with Gasteiger partial charge in [-0.3, -0.25) is 4.68 Å². The maximum Gasteiger partial charge on any atom is 0.222 e. The summed E-state index contributed by atoms with van der Waals surface area (Å²) in [6, 6.07) is 6.38. The van der Waals surface area contributed by atoms with Gasteiger partial charge in [0.25, 0.3) is 0 Å². The molecule has 0 saturated carbocycles. The molecule has 0 aliphatic carbocycles. The fourth-order valence-electron chi connectivity index (χ4n) is 3.39. The fourth-order valence-corrected chi connectivity index (χ4v) is 3.39. The van der Waals surface area contributed by atoms with E-state index in [-0.39, 0.29) is 5.95 Å². The van der Waals surface area contributed by atoms with Gasteiger partial charge in [-0.2, -0.15) is 10.1 Å². The Morgan fingerprint density at radius 3 is 2.77 bits per heavy atom. The summed E-state index contributed by atoms with van der Waals surface area (Å²) >= 11 is 0. The number of ether oxygens (including phenoxy) is 2. The molecule has 0 atom stereocenters. The number of methoxy groups -OCH3 is 2. The number of unbranched alkanes of at least 4 members (excludes halogenated alkanes) is 2. The van der Waals surface area contributed by atoms with E-state index in [1.165, 1.54) is 5.56 Å². The van der Waals surface area contributed by atoms with Crippen LogP contribution in [0, 0.1) is 0 Å². The highest BCUT2D eigenvalue weighted by Crippen LogP contribution is 2.24. The van der Waals surface area contributed by atoms with Crippen LogP contribution < -0.4 is 15.8 Å². The number of benzene rings is 1. The van der Waals surface area contributed by atoms with Crippen LogP contribution in [0.15, 0.2) is 24.4 Å². The smallest absolute Gasteiger partial charge is 0.222 e. The van der Waals surface area contributed by atoms with Crippen molar-refractivity contribution in [3.63, 3.8) is 0 Å². The molecule has 2 aromatic heterocycles. The van der Waals surface area contributed by atoms with Gasteiger partial charge in [0.1, 0.15) is 11.3 Å². The van der Waals surface area contributed by atoms with Crippen molar-refractivity contribution in [1.29, 1.82) is 0 Å². The van der Waals surface area contributed by atoms with Crippen molar-refractivity contribution in [3.8, 4) is 5.75 Å². The minimum Gasteiger partial charge on any atom is -0.496 e. The summed E-state index contributed by atoms with van der Waals surface area (Å²) in [6.45, 7) is 4.36. The summed E-state index contributed by atoms with van der Waals surface area (Å²) in [4.78, 5) is 8.66. The summed E-state index contributed by atoms with van der Waals surface area (Å²) < 4.78 is 12.6. The van der Waals surface area contributed by atoms with Crippen molar-refractivity contribution in [2.45, 2.75) is 45.6 Å². The summed E-state index contributed by atoms with van der Waals surface area (Å²) in [7, 11) is 3.44. The lowest BCUT2D eigenvalue weighted by molar-refractivity contribution is 0.193. The van der Waals surface area contributed by atoms with Crippen molar-refractivity contribution >= 4 is 22.8 Å². The van der Waals surface area contributed by atoms with E-state index in [2.05, 4.69) is 40.4 Å². The van der Waals surface area contributed by atoms with Crippen LogP contribution in [0.4, 0.5) is 11.8 Å². The van der Waals surface area contributed by atoms with Crippen LogP contribution in [0.1, 0.15) is 43.7 Å². The predicted molar refractivity (Wildman–Crippen MR) is 120 cm³/mol. The molecule has 3 rings (SSSR count). The number of nitrogen functional groups attached to an aromatic ring is 1. The summed E-state index contributed by atoms with van der Waals surface area (Å²) in [6.07, 6.45) is 7.21. The topological polar surface area (TPSA) is 100 Å². The number of aryl methyl sites for hydroxylation is 1. The van der Waals surface area contributed by atoms with Gasteiger partial charge in [-0.25, -0.2) is 4.98 Å². The number of rotatable bonds is 12. The zero-order valence-electron chi connectivity index (χ0n) is 18.1. The molecule has 0 radical (unpaired) electrons. The SMILES string of the molecule is CCCCNc1nc(N)nc2cn(Cc3ccc(CCCCOC)cc3OC)nc12. The van der Waals surface area contributed by atoms with E-state index < -0.39 is 0 Å². The van der Waals surface area contributed by atoms with Gasteiger partial charge in [0.15, 0.2) is 11.3 Å². The maximum atomic E-state index is 5.88. The Kier molecular flexibility index (Phi) is 7.84. The number of aromatic nitrogens is 4. The van der Waals surface area contributed by atoms with Crippen molar-refractivity contribution in [2.75, 3.05) is 38.4 Å². The van der Waals surface area contributed by atoms with Crippen LogP contribution in [-0.4, -0.2) is 47.1 Å². The van der Waals surface area contributed by atoms with Gasteiger partial charge in [-0.15, -0.1) is 0 Å². The predicted octanol–water partition coefficient (Wildman–Crippen LogP) is 3.65. The molecule has 8 nitrogen and oxygen atoms in total. The first kappa shape index (κ1) is 21.8. The van der Waals surface area contributed by atoms with Crippen LogP contribution in [0.3, 0.4) is 0 Å². The third kappa shape index (κ3) is 5.60. The lowest BCUT2D eigenvalue weighted by Gasteiger charge is -2.11. The van der Waals surface area contributed by atoms with Crippen LogP contribution in [-0.2, 0) is 17.7 Å². The Labute approximate surface area is 177 Å². The van der Waals surface area contributed by atoms with Gasteiger partial charge in [0, 0.05) is 25.8 Å². The molecule has 2 heterocycles. The molecule has 0 fully saturated rings. The highest BCUT2D eigenvalue weighted by Gasteiger charge is 2.13. The molecule has 30 heavy (non-hydrogen) atoms. The number of hydrogen-bond acceptors (Lipinski definition) is 7. The van der Waals surface area contributed by atoms with Gasteiger partial charge >= 0.3 is 0 Å². The van der Waals surface area contributed by atoms with Crippen LogP contribution in [0.2, 0.25) is 0 Å². The molecule has 1 aromatic carbocycles. The van der Waals surface area contributed by atoms with E-state index in [0.29, 0.717) is 12.4 Å². The molecule has 0 saturated heterocycles. The lowest BCUT2D eigenvalue weighted by atomic mass is 10.0. The number of fused-ring (bicyclic) bond motifs is 1.